The van der Waals surface area contributed by atoms with E-state index in [9.17, 15) is 0 Å². The molecule has 1 nitrogen and oxygen atoms in total. The number of nitrogens with two attached hydrogens (primary N) is 1. The van der Waals surface area contributed by atoms with Crippen LogP contribution in [0.3, 0.4) is 0 Å². The largest absolute Gasteiger partial charge is 0.330 e. The minimum absolute atomic E-state index is 0.834. The molecule has 0 saturated heterocycles. The molecule has 2 N–H and O–H groups in total. The monoisotopic (exact) mass is 144 g/mol. The van der Waals surface area contributed by atoms with E-state index in [4.69, 9.17) is 5.73 Å². The van der Waals surface area contributed by atoms with Gasteiger partial charge in [-0.15, -0.1) is 0 Å². The zero-order valence-electron chi connectivity index (χ0n) is 6.78. The van der Waals surface area contributed by atoms with E-state index in [1.807, 2.05) is 0 Å². The molecular formula is C7H18NSi. The van der Waals surface area contributed by atoms with Crippen LogP contribution in [-0.2, 0) is 0 Å². The standard InChI is InChI=1S/C7H18NSi/c1-9(2,3)7-5-4-6-8/h7H,4-6,8H2,1-3H3. The van der Waals surface area contributed by atoms with Crippen molar-refractivity contribution in [3.8, 4) is 0 Å². The van der Waals surface area contributed by atoms with Crippen molar-refractivity contribution in [1.29, 1.82) is 0 Å². The van der Waals surface area contributed by atoms with Crippen LogP contribution in [0.5, 0.6) is 0 Å². The minimum atomic E-state index is -0.875. The summed E-state index contributed by atoms with van der Waals surface area (Å²) < 4.78 is 0. The lowest BCUT2D eigenvalue weighted by molar-refractivity contribution is 0.839. The van der Waals surface area contributed by atoms with Gasteiger partial charge in [-0.3, -0.25) is 0 Å². The van der Waals surface area contributed by atoms with Crippen molar-refractivity contribution in [2.75, 3.05) is 6.54 Å². The van der Waals surface area contributed by atoms with Crippen molar-refractivity contribution in [3.63, 3.8) is 0 Å². The van der Waals surface area contributed by atoms with Gasteiger partial charge in [-0.05, 0) is 19.0 Å². The Kier molecular flexibility index (Phi) is 4.15. The number of hydrogen-bond acceptors (Lipinski definition) is 1. The molecule has 0 unspecified atom stereocenters. The quantitative estimate of drug-likeness (QED) is 0.472. The zero-order valence-corrected chi connectivity index (χ0v) is 7.78. The van der Waals surface area contributed by atoms with Gasteiger partial charge in [-0.2, -0.15) is 0 Å². The van der Waals surface area contributed by atoms with Crippen molar-refractivity contribution >= 4 is 8.07 Å². The Balaban J connectivity index is 3.07. The molecule has 1 radical (unpaired) electrons. The third-order valence-corrected chi connectivity index (χ3v) is 2.68. The lowest BCUT2D eigenvalue weighted by Crippen LogP contribution is -2.21. The Morgan fingerprint density at radius 2 is 1.89 bits per heavy atom. The van der Waals surface area contributed by atoms with Gasteiger partial charge in [0.2, 0.25) is 0 Å². The molecule has 0 fully saturated rings. The van der Waals surface area contributed by atoms with Gasteiger partial charge < -0.3 is 5.73 Å². The van der Waals surface area contributed by atoms with E-state index < -0.39 is 8.07 Å². The Morgan fingerprint density at radius 1 is 1.33 bits per heavy atom. The maximum absolute atomic E-state index is 5.35. The molecule has 0 aromatic carbocycles. The summed E-state index contributed by atoms with van der Waals surface area (Å²) >= 11 is 0. The van der Waals surface area contributed by atoms with Crippen LogP contribution in [0.25, 0.3) is 0 Å². The normalized spacial score (nSPS) is 12.0. The molecule has 0 saturated carbocycles. The average Bonchev–Trinajstić information content (AvgIpc) is 1.63. The summed E-state index contributed by atoms with van der Waals surface area (Å²) in [5.74, 6) is 0. The molecule has 0 aromatic heterocycles. The van der Waals surface area contributed by atoms with Crippen LogP contribution in [0, 0.1) is 6.04 Å². The Morgan fingerprint density at radius 3 is 2.22 bits per heavy atom. The van der Waals surface area contributed by atoms with E-state index in [0.717, 1.165) is 13.0 Å². The fraction of sp³-hybridized carbons (Fsp3) is 0.857. The van der Waals surface area contributed by atoms with Crippen LogP contribution in [0.15, 0.2) is 0 Å². The maximum atomic E-state index is 5.35. The fourth-order valence-electron chi connectivity index (χ4n) is 0.653. The summed E-state index contributed by atoms with van der Waals surface area (Å²) in [6.45, 7) is 7.89. The molecule has 0 aliphatic heterocycles. The smallest absolute Gasteiger partial charge is 0.0473 e. The van der Waals surface area contributed by atoms with Gasteiger partial charge >= 0.3 is 0 Å². The average molecular weight is 144 g/mol. The van der Waals surface area contributed by atoms with E-state index in [2.05, 4.69) is 25.7 Å². The molecule has 0 aliphatic rings. The summed E-state index contributed by atoms with van der Waals surface area (Å²) in [5.41, 5.74) is 5.35. The van der Waals surface area contributed by atoms with E-state index in [1.165, 1.54) is 6.42 Å². The second-order valence-electron chi connectivity index (χ2n) is 3.50. The first-order chi connectivity index (χ1) is 4.06. The highest BCUT2D eigenvalue weighted by molar-refractivity contribution is 6.79. The van der Waals surface area contributed by atoms with E-state index in [0.29, 0.717) is 0 Å². The molecule has 0 rings (SSSR count). The zero-order chi connectivity index (χ0) is 7.33. The molecule has 0 amide bonds. The molecule has 0 bridgehead atoms. The Hall–Kier alpha value is 0.177. The molecule has 0 heterocycles. The van der Waals surface area contributed by atoms with Gasteiger partial charge in [0.1, 0.15) is 0 Å². The van der Waals surface area contributed by atoms with Crippen molar-refractivity contribution in [3.05, 3.63) is 6.04 Å². The highest BCUT2D eigenvalue weighted by Crippen LogP contribution is 2.08. The molecular weight excluding hydrogens is 126 g/mol. The van der Waals surface area contributed by atoms with Crippen molar-refractivity contribution in [2.24, 2.45) is 5.73 Å². The van der Waals surface area contributed by atoms with Crippen LogP contribution in [0.1, 0.15) is 12.8 Å². The summed E-state index contributed by atoms with van der Waals surface area (Å²) in [4.78, 5) is 0. The van der Waals surface area contributed by atoms with Gasteiger partial charge in [0.15, 0.2) is 0 Å². The van der Waals surface area contributed by atoms with Crippen molar-refractivity contribution in [2.45, 2.75) is 32.5 Å². The number of unbranched alkanes of at least 4 members (excludes halogenated alkanes) is 1. The van der Waals surface area contributed by atoms with Gasteiger partial charge in [0.25, 0.3) is 0 Å². The van der Waals surface area contributed by atoms with Gasteiger partial charge in [0.05, 0.1) is 0 Å². The Labute approximate surface area is 59.6 Å². The van der Waals surface area contributed by atoms with E-state index >= 15 is 0 Å². The van der Waals surface area contributed by atoms with Crippen molar-refractivity contribution in [1.82, 2.24) is 0 Å². The predicted octanol–water partition coefficient (Wildman–Crippen LogP) is 1.81. The van der Waals surface area contributed by atoms with Crippen LogP contribution in [0.2, 0.25) is 19.6 Å². The molecule has 0 atom stereocenters. The second-order valence-corrected chi connectivity index (χ2v) is 8.64. The highest BCUT2D eigenvalue weighted by Gasteiger charge is 2.11. The first-order valence-corrected chi connectivity index (χ1v) is 7.18. The molecule has 0 spiro atoms. The first kappa shape index (κ1) is 9.18. The summed E-state index contributed by atoms with van der Waals surface area (Å²) in [6.07, 6.45) is 2.37. The number of rotatable bonds is 4. The van der Waals surface area contributed by atoms with Crippen LogP contribution in [-0.4, -0.2) is 14.6 Å². The Bertz CT molecular complexity index is 65.8. The lowest BCUT2D eigenvalue weighted by Gasteiger charge is -2.13. The molecule has 0 aliphatic carbocycles. The molecule has 9 heavy (non-hydrogen) atoms. The molecule has 2 heteroatoms. The summed E-state index contributed by atoms with van der Waals surface area (Å²) in [5, 5.41) is 0. The minimum Gasteiger partial charge on any atom is -0.330 e. The van der Waals surface area contributed by atoms with E-state index in [1.54, 1.807) is 0 Å². The first-order valence-electron chi connectivity index (χ1n) is 3.61. The topological polar surface area (TPSA) is 26.0 Å². The fourth-order valence-corrected chi connectivity index (χ4v) is 1.72. The summed E-state index contributed by atoms with van der Waals surface area (Å²) in [6, 6.07) is 2.46. The van der Waals surface area contributed by atoms with Gasteiger partial charge in [-0.1, -0.05) is 26.1 Å². The van der Waals surface area contributed by atoms with Gasteiger partial charge in [-0.25, -0.2) is 0 Å². The highest BCUT2D eigenvalue weighted by atomic mass is 28.3. The third-order valence-electron chi connectivity index (χ3n) is 1.16. The second kappa shape index (κ2) is 4.07. The SMILES string of the molecule is C[Si](C)(C)[CH]CCCN. The van der Waals surface area contributed by atoms with E-state index in [-0.39, 0.29) is 0 Å². The summed E-state index contributed by atoms with van der Waals surface area (Å²) in [7, 11) is -0.875. The third kappa shape index (κ3) is 8.18. The van der Waals surface area contributed by atoms with Crippen molar-refractivity contribution < 1.29 is 0 Å². The molecule has 0 aromatic rings. The number of hydrogen-bond donors (Lipinski definition) is 1. The van der Waals surface area contributed by atoms with Crippen LogP contribution < -0.4 is 5.73 Å². The maximum Gasteiger partial charge on any atom is 0.0473 e. The lowest BCUT2D eigenvalue weighted by atomic mass is 10.3. The van der Waals surface area contributed by atoms with Crippen LogP contribution >= 0.6 is 0 Å². The van der Waals surface area contributed by atoms with Crippen LogP contribution in [0.4, 0.5) is 0 Å². The predicted molar refractivity (Wildman–Crippen MR) is 45.9 cm³/mol. The molecule has 55 valence electrons. The van der Waals surface area contributed by atoms with Gasteiger partial charge in [0, 0.05) is 8.07 Å².